The van der Waals surface area contributed by atoms with E-state index in [0.717, 1.165) is 0 Å². The number of H-pyrrole nitrogens is 1. The van der Waals surface area contributed by atoms with Crippen LogP contribution in [0, 0.1) is 36.9 Å². The molecule has 2 saturated carbocycles. The molecular formula is C25H19F5N7O3+. The van der Waals surface area contributed by atoms with Crippen molar-refractivity contribution in [3.05, 3.63) is 68.8 Å². The van der Waals surface area contributed by atoms with Crippen molar-refractivity contribution in [3.63, 3.8) is 0 Å². The lowest BCUT2D eigenvalue weighted by molar-refractivity contribution is -0.148. The summed E-state index contributed by atoms with van der Waals surface area (Å²) in [6, 6.07) is 1.17. The number of amides is 2. The SMILES string of the molecule is C#[N+][C@@]12C[C@@H]1Cc1c(C(=O)C(=O)NC3(c4cn[nH]n4)CC(F)(F)C3)c(C)c(C(=O)Nc3cc(F)c(F)c(F)c3)n12. The molecule has 0 radical (unpaired) electrons. The molecule has 3 aliphatic rings. The number of anilines is 1. The maximum Gasteiger partial charge on any atom is 0.364 e. The smallest absolute Gasteiger partial charge is 0.337 e. The number of benzene rings is 1. The molecule has 6 rings (SSSR count). The summed E-state index contributed by atoms with van der Waals surface area (Å²) in [7, 11) is 0. The molecule has 2 atom stereocenters. The molecule has 2 amide bonds. The van der Waals surface area contributed by atoms with E-state index < -0.39 is 70.7 Å². The van der Waals surface area contributed by atoms with E-state index in [1.807, 2.05) is 0 Å². The molecule has 1 aliphatic heterocycles. The highest BCUT2D eigenvalue weighted by atomic mass is 19.3. The van der Waals surface area contributed by atoms with E-state index >= 15 is 0 Å². The first kappa shape index (κ1) is 25.7. The van der Waals surface area contributed by atoms with Gasteiger partial charge in [-0.1, -0.05) is 4.85 Å². The first-order chi connectivity index (χ1) is 18.8. The van der Waals surface area contributed by atoms with Crippen LogP contribution in [0.25, 0.3) is 4.85 Å². The Hall–Kier alpha value is -4.61. The van der Waals surface area contributed by atoms with Crippen LogP contribution in [-0.4, -0.2) is 43.5 Å². The Kier molecular flexibility index (Phi) is 5.26. The van der Waals surface area contributed by atoms with Gasteiger partial charge in [0.2, 0.25) is 0 Å². The Morgan fingerprint density at radius 2 is 1.85 bits per heavy atom. The second-order valence-electron chi connectivity index (χ2n) is 10.4. The van der Waals surface area contributed by atoms with E-state index in [1.54, 1.807) is 0 Å². The van der Waals surface area contributed by atoms with E-state index in [-0.39, 0.29) is 40.5 Å². The molecule has 0 bridgehead atoms. The van der Waals surface area contributed by atoms with E-state index in [9.17, 15) is 36.3 Å². The summed E-state index contributed by atoms with van der Waals surface area (Å²) in [5.41, 5.74) is -3.04. The number of nitrogens with one attached hydrogen (secondary N) is 3. The number of carbonyl (C=O) groups is 3. The quantitative estimate of drug-likeness (QED) is 0.185. The lowest BCUT2D eigenvalue weighted by atomic mass is 9.71. The predicted molar refractivity (Wildman–Crippen MR) is 126 cm³/mol. The number of ketones is 1. The van der Waals surface area contributed by atoms with Crippen LogP contribution < -0.4 is 10.6 Å². The number of alkyl halides is 2. The minimum absolute atomic E-state index is 0.0272. The molecule has 2 aliphatic carbocycles. The van der Waals surface area contributed by atoms with Crippen LogP contribution in [0.5, 0.6) is 0 Å². The van der Waals surface area contributed by atoms with Crippen LogP contribution in [0.2, 0.25) is 0 Å². The largest absolute Gasteiger partial charge is 0.364 e. The molecular weight excluding hydrogens is 541 g/mol. The topological polar surface area (TPSA) is 126 Å². The summed E-state index contributed by atoms with van der Waals surface area (Å²) in [6.07, 6.45) is 0.247. The Labute approximate surface area is 221 Å². The van der Waals surface area contributed by atoms with Crippen LogP contribution in [0.1, 0.15) is 57.1 Å². The van der Waals surface area contributed by atoms with E-state index in [2.05, 4.69) is 30.9 Å². The van der Waals surface area contributed by atoms with Crippen LogP contribution in [0.4, 0.5) is 27.6 Å². The monoisotopic (exact) mass is 560 g/mol. The Balaban J connectivity index is 1.36. The maximum absolute atomic E-state index is 13.9. The molecule has 0 spiro atoms. The van der Waals surface area contributed by atoms with Crippen molar-refractivity contribution in [2.24, 2.45) is 5.92 Å². The van der Waals surface area contributed by atoms with Gasteiger partial charge in [0.15, 0.2) is 17.5 Å². The van der Waals surface area contributed by atoms with Gasteiger partial charge in [-0.25, -0.2) is 22.0 Å². The highest BCUT2D eigenvalue weighted by molar-refractivity contribution is 6.44. The number of fused-ring (bicyclic) bond motifs is 3. The molecule has 15 heteroatoms. The van der Waals surface area contributed by atoms with Gasteiger partial charge in [-0.15, -0.1) is 0 Å². The number of aromatic nitrogens is 4. The molecule has 2 aromatic heterocycles. The highest BCUT2D eigenvalue weighted by Crippen LogP contribution is 2.61. The summed E-state index contributed by atoms with van der Waals surface area (Å²) in [4.78, 5) is 44.0. The summed E-state index contributed by atoms with van der Waals surface area (Å²) in [6.45, 7) is 7.05. The van der Waals surface area contributed by atoms with Crippen molar-refractivity contribution in [1.82, 2.24) is 25.3 Å². The Morgan fingerprint density at radius 1 is 1.18 bits per heavy atom. The first-order valence-corrected chi connectivity index (χ1v) is 12.1. The van der Waals surface area contributed by atoms with Gasteiger partial charge in [0.25, 0.3) is 30.1 Å². The van der Waals surface area contributed by atoms with Gasteiger partial charge in [-0.2, -0.15) is 15.4 Å². The van der Waals surface area contributed by atoms with Gasteiger partial charge >= 0.3 is 5.66 Å². The fraction of sp³-hybridized carbons (Fsp3) is 0.360. The lowest BCUT2D eigenvalue weighted by Gasteiger charge is -2.46. The zero-order chi connectivity index (χ0) is 28.8. The van der Waals surface area contributed by atoms with Gasteiger partial charge in [-0.05, 0) is 12.5 Å². The zero-order valence-electron chi connectivity index (χ0n) is 20.6. The van der Waals surface area contributed by atoms with Crippen molar-refractivity contribution in [1.29, 1.82) is 0 Å². The third kappa shape index (κ3) is 3.55. The fourth-order valence-corrected chi connectivity index (χ4v) is 6.01. The maximum atomic E-state index is 13.9. The van der Waals surface area contributed by atoms with E-state index in [4.69, 9.17) is 6.57 Å². The van der Waals surface area contributed by atoms with Crippen molar-refractivity contribution in [3.8, 4) is 6.57 Å². The number of hydrogen-bond acceptors (Lipinski definition) is 5. The highest BCUT2D eigenvalue weighted by Gasteiger charge is 2.73. The third-order valence-corrected chi connectivity index (χ3v) is 7.87. The fourth-order valence-electron chi connectivity index (χ4n) is 6.01. The molecule has 40 heavy (non-hydrogen) atoms. The first-order valence-electron chi connectivity index (χ1n) is 12.1. The van der Waals surface area contributed by atoms with Crippen LogP contribution in [-0.2, 0) is 22.4 Å². The average Bonchev–Trinajstić information content (AvgIpc) is 3.19. The summed E-state index contributed by atoms with van der Waals surface area (Å²) in [5, 5.41) is 14.4. The van der Waals surface area contributed by atoms with Crippen LogP contribution in [0.15, 0.2) is 18.3 Å². The minimum atomic E-state index is -3.09. The Bertz CT molecular complexity index is 1650. The number of carbonyl (C=O) groups excluding carboxylic acids is 3. The molecule has 0 unspecified atom stereocenters. The predicted octanol–water partition coefficient (Wildman–Crippen LogP) is 3.40. The zero-order valence-corrected chi connectivity index (χ0v) is 20.6. The molecule has 3 heterocycles. The van der Waals surface area contributed by atoms with E-state index in [1.165, 1.54) is 17.7 Å². The summed E-state index contributed by atoms with van der Waals surface area (Å²) in [5.74, 6) is -11.3. The Morgan fingerprint density at radius 3 is 2.42 bits per heavy atom. The van der Waals surface area contributed by atoms with Crippen molar-refractivity contribution in [2.45, 2.75) is 49.7 Å². The van der Waals surface area contributed by atoms with Gasteiger partial charge in [0.05, 0.1) is 29.6 Å². The molecule has 3 N–H and O–H groups in total. The second kappa shape index (κ2) is 8.20. The average molecular weight is 560 g/mol. The minimum Gasteiger partial charge on any atom is -0.337 e. The molecule has 2 fully saturated rings. The number of Topliss-reactive ketones (excluding diaryl/α,β-unsaturated/α-hetero) is 1. The molecule has 1 aromatic carbocycles. The van der Waals surface area contributed by atoms with E-state index in [0.29, 0.717) is 18.6 Å². The molecule has 0 saturated heterocycles. The molecule has 3 aromatic rings. The van der Waals surface area contributed by atoms with Crippen molar-refractivity contribution in [2.75, 3.05) is 5.32 Å². The van der Waals surface area contributed by atoms with Crippen LogP contribution in [0.3, 0.4) is 0 Å². The number of halogens is 5. The second-order valence-corrected chi connectivity index (χ2v) is 10.4. The lowest BCUT2D eigenvalue weighted by Crippen LogP contribution is -2.61. The summed E-state index contributed by atoms with van der Waals surface area (Å²) < 4.78 is 70.1. The van der Waals surface area contributed by atoms with Crippen LogP contribution >= 0.6 is 0 Å². The number of rotatable bonds is 6. The van der Waals surface area contributed by atoms with Gasteiger partial charge < -0.3 is 10.6 Å². The van der Waals surface area contributed by atoms with Crippen molar-refractivity contribution < 1.29 is 36.3 Å². The van der Waals surface area contributed by atoms with Gasteiger partial charge in [0, 0.05) is 42.8 Å². The van der Waals surface area contributed by atoms with Gasteiger partial charge in [-0.3, -0.25) is 19.0 Å². The van der Waals surface area contributed by atoms with Gasteiger partial charge in [0.1, 0.15) is 11.4 Å². The standard InChI is InChI=1S/C25H18F5N7O3/c1-10-17(20(38)22(40)34-23(8-24(29,30)9-23)16-7-32-36-35-16)15-3-11-6-25(11,31-2)37(15)19(10)21(39)33-12-4-13(26)18(28)14(27)5-12/h2,4-5,7,11H,3,6,8-9H2,1H3,(H2-,32,33,34,35,36,39,40)/p+1/t11-,25+/m0/s1. The normalized spacial score (nSPS) is 22.9. The third-order valence-electron chi connectivity index (χ3n) is 7.87. The number of nitrogens with zero attached hydrogens (tertiary/aromatic N) is 4. The number of hydrogen-bond donors (Lipinski definition) is 3. The molecule has 10 nitrogen and oxygen atoms in total. The molecule has 206 valence electrons. The summed E-state index contributed by atoms with van der Waals surface area (Å²) >= 11 is 0. The van der Waals surface area contributed by atoms with Crippen molar-refractivity contribution >= 4 is 23.3 Å². The number of aromatic amines is 1.